The largest absolute Gasteiger partial charge is 0.296 e. The van der Waals surface area contributed by atoms with Gasteiger partial charge in [0.1, 0.15) is 0 Å². The summed E-state index contributed by atoms with van der Waals surface area (Å²) in [5.74, 6) is 0. The quantitative estimate of drug-likeness (QED) is 0.605. The predicted octanol–water partition coefficient (Wildman–Crippen LogP) is 5.40. The van der Waals surface area contributed by atoms with Gasteiger partial charge in [0.2, 0.25) is 0 Å². The molecule has 0 amide bonds. The van der Waals surface area contributed by atoms with E-state index in [9.17, 15) is 8.42 Å². The van der Waals surface area contributed by atoms with Gasteiger partial charge < -0.3 is 0 Å². The van der Waals surface area contributed by atoms with Crippen LogP contribution in [0.15, 0.2) is 47.4 Å². The molecular weight excluding hydrogens is 420 g/mol. The van der Waals surface area contributed by atoms with Crippen molar-refractivity contribution in [3.8, 4) is 0 Å². The van der Waals surface area contributed by atoms with Gasteiger partial charge in [0.25, 0.3) is 10.0 Å². The van der Waals surface area contributed by atoms with E-state index in [2.05, 4.69) is 38.8 Å². The molecule has 1 fully saturated rings. The maximum atomic E-state index is 13.8. The lowest BCUT2D eigenvalue weighted by Crippen LogP contribution is -2.59. The van der Waals surface area contributed by atoms with E-state index in [1.165, 1.54) is 6.42 Å². The molecule has 2 aromatic carbocycles. The Morgan fingerprint density at radius 2 is 1.53 bits per heavy atom. The van der Waals surface area contributed by atoms with Crippen LogP contribution in [0.1, 0.15) is 63.6 Å². The monoisotopic (exact) mass is 456 g/mol. The smallest absolute Gasteiger partial charge is 0.264 e. The zero-order valence-corrected chi connectivity index (χ0v) is 21.0. The molecule has 2 aromatic rings. The van der Waals surface area contributed by atoms with E-state index in [1.54, 1.807) is 16.4 Å². The summed E-state index contributed by atoms with van der Waals surface area (Å²) in [5.41, 5.74) is 3.81. The molecule has 6 heteroatoms. The fourth-order valence-electron chi connectivity index (χ4n) is 5.39. The standard InChI is InChI=1S/C26H36N2O3S/c1-19-8-11-23(12-9-19)32(29,30)27-22(17-21-16-20(2)10-13-24(21)27)18-31-28-25(3,4)14-7-15-26(28,5)6/h8-13,16,22H,7,14-15,17-18H2,1-6H3/t22-/m0/s1. The Bertz CT molecular complexity index is 1070. The van der Waals surface area contributed by atoms with Crippen LogP contribution >= 0.6 is 0 Å². The van der Waals surface area contributed by atoms with Crippen molar-refractivity contribution in [3.05, 3.63) is 59.2 Å². The molecule has 2 aliphatic rings. The van der Waals surface area contributed by atoms with Crippen LogP contribution in [0.4, 0.5) is 5.69 Å². The summed E-state index contributed by atoms with van der Waals surface area (Å²) in [7, 11) is -3.71. The summed E-state index contributed by atoms with van der Waals surface area (Å²) in [5, 5.41) is 2.12. The van der Waals surface area contributed by atoms with E-state index in [1.807, 2.05) is 38.1 Å². The van der Waals surface area contributed by atoms with E-state index < -0.39 is 10.0 Å². The van der Waals surface area contributed by atoms with Gasteiger partial charge in [0.05, 0.1) is 23.2 Å². The third-order valence-electron chi connectivity index (χ3n) is 6.91. The highest BCUT2D eigenvalue weighted by Crippen LogP contribution is 2.41. The zero-order chi connectivity index (χ0) is 23.3. The van der Waals surface area contributed by atoms with Gasteiger partial charge in [0.15, 0.2) is 0 Å². The molecule has 0 aliphatic carbocycles. The van der Waals surface area contributed by atoms with Crippen molar-refractivity contribution in [1.82, 2.24) is 5.06 Å². The molecule has 0 N–H and O–H groups in total. The van der Waals surface area contributed by atoms with Gasteiger partial charge >= 0.3 is 0 Å². The molecule has 1 atom stereocenters. The molecule has 2 aliphatic heterocycles. The van der Waals surface area contributed by atoms with Gasteiger partial charge in [-0.25, -0.2) is 8.42 Å². The SMILES string of the molecule is Cc1ccc(S(=O)(=O)N2c3ccc(C)cc3C[C@H]2CON2C(C)(C)CCCC2(C)C)cc1. The molecule has 0 aromatic heterocycles. The Morgan fingerprint density at radius 1 is 0.938 bits per heavy atom. The third-order valence-corrected chi connectivity index (χ3v) is 8.79. The van der Waals surface area contributed by atoms with Crippen LogP contribution in [0.5, 0.6) is 0 Å². The lowest BCUT2D eigenvalue weighted by molar-refractivity contribution is -0.282. The molecule has 0 radical (unpaired) electrons. The highest BCUT2D eigenvalue weighted by atomic mass is 32.2. The number of hydrogen-bond acceptors (Lipinski definition) is 4. The highest BCUT2D eigenvalue weighted by molar-refractivity contribution is 7.92. The van der Waals surface area contributed by atoms with E-state index in [4.69, 9.17) is 4.84 Å². The number of piperidine rings is 1. The minimum absolute atomic E-state index is 0.0928. The molecule has 0 spiro atoms. The third kappa shape index (κ3) is 4.20. The van der Waals surface area contributed by atoms with Crippen molar-refractivity contribution in [2.24, 2.45) is 0 Å². The average molecular weight is 457 g/mol. The first-order valence-electron chi connectivity index (χ1n) is 11.6. The number of aryl methyl sites for hydroxylation is 2. The fraction of sp³-hybridized carbons (Fsp3) is 0.538. The van der Waals surface area contributed by atoms with E-state index in [-0.39, 0.29) is 17.1 Å². The minimum atomic E-state index is -3.71. The molecule has 1 saturated heterocycles. The topological polar surface area (TPSA) is 49.9 Å². The first-order chi connectivity index (χ1) is 14.9. The zero-order valence-electron chi connectivity index (χ0n) is 20.2. The maximum absolute atomic E-state index is 13.8. The van der Waals surface area contributed by atoms with Crippen LogP contribution in [0, 0.1) is 13.8 Å². The number of anilines is 1. The molecule has 0 unspecified atom stereocenters. The van der Waals surface area contributed by atoms with E-state index in [0.29, 0.717) is 17.9 Å². The van der Waals surface area contributed by atoms with Crippen molar-refractivity contribution in [1.29, 1.82) is 0 Å². The first-order valence-corrected chi connectivity index (χ1v) is 13.0. The van der Waals surface area contributed by atoms with Crippen LogP contribution in [0.2, 0.25) is 0 Å². The Morgan fingerprint density at radius 3 is 2.16 bits per heavy atom. The fourth-order valence-corrected chi connectivity index (χ4v) is 7.06. The molecule has 2 heterocycles. The minimum Gasteiger partial charge on any atom is -0.296 e. The van der Waals surface area contributed by atoms with Crippen LogP contribution in [-0.2, 0) is 21.3 Å². The van der Waals surface area contributed by atoms with Gasteiger partial charge in [-0.05, 0) is 91.0 Å². The lowest BCUT2D eigenvalue weighted by Gasteiger charge is -2.51. The molecule has 0 saturated carbocycles. The highest BCUT2D eigenvalue weighted by Gasteiger charge is 2.44. The number of hydrogen-bond donors (Lipinski definition) is 0. The molecule has 0 bridgehead atoms. The Hall–Kier alpha value is -1.89. The van der Waals surface area contributed by atoms with Gasteiger partial charge in [-0.1, -0.05) is 35.4 Å². The molecule has 32 heavy (non-hydrogen) atoms. The second kappa shape index (κ2) is 8.15. The van der Waals surface area contributed by atoms with Gasteiger partial charge in [-0.2, -0.15) is 5.06 Å². The summed E-state index contributed by atoms with van der Waals surface area (Å²) in [4.78, 5) is 6.79. The van der Waals surface area contributed by atoms with Crippen LogP contribution in [-0.4, -0.2) is 37.2 Å². The van der Waals surface area contributed by atoms with Crippen molar-refractivity contribution in [2.75, 3.05) is 10.9 Å². The average Bonchev–Trinajstić information content (AvgIpc) is 3.05. The summed E-state index contributed by atoms with van der Waals surface area (Å²) >= 11 is 0. The van der Waals surface area contributed by atoms with Crippen LogP contribution < -0.4 is 4.31 Å². The van der Waals surface area contributed by atoms with Gasteiger partial charge in [-0.15, -0.1) is 0 Å². The Labute approximate surface area is 193 Å². The van der Waals surface area contributed by atoms with Crippen molar-refractivity contribution >= 4 is 15.7 Å². The van der Waals surface area contributed by atoms with Crippen LogP contribution in [0.3, 0.4) is 0 Å². The first kappa shape index (κ1) is 23.3. The van der Waals surface area contributed by atoms with Crippen LogP contribution in [0.25, 0.3) is 0 Å². The number of nitrogens with zero attached hydrogens (tertiary/aromatic N) is 2. The summed E-state index contributed by atoms with van der Waals surface area (Å²) < 4.78 is 29.1. The van der Waals surface area contributed by atoms with Crippen molar-refractivity contribution < 1.29 is 13.3 Å². The molecular formula is C26H36N2O3S. The predicted molar refractivity (Wildman–Crippen MR) is 129 cm³/mol. The lowest BCUT2D eigenvalue weighted by atomic mass is 9.82. The maximum Gasteiger partial charge on any atom is 0.264 e. The normalized spacial score (nSPS) is 22.7. The van der Waals surface area contributed by atoms with Gasteiger partial charge in [-0.3, -0.25) is 9.14 Å². The number of rotatable bonds is 5. The van der Waals surface area contributed by atoms with Crippen molar-refractivity contribution in [2.45, 2.75) is 89.2 Å². The van der Waals surface area contributed by atoms with Gasteiger partial charge in [0, 0.05) is 11.1 Å². The van der Waals surface area contributed by atoms with E-state index in [0.717, 1.165) is 35.2 Å². The van der Waals surface area contributed by atoms with Crippen molar-refractivity contribution in [3.63, 3.8) is 0 Å². The van der Waals surface area contributed by atoms with E-state index >= 15 is 0 Å². The number of benzene rings is 2. The summed E-state index contributed by atoms with van der Waals surface area (Å²) in [6.07, 6.45) is 3.94. The number of hydroxylamine groups is 2. The number of sulfonamides is 1. The molecule has 5 nitrogen and oxygen atoms in total. The second-order valence-corrected chi connectivity index (χ2v) is 12.5. The number of fused-ring (bicyclic) bond motifs is 1. The Balaban J connectivity index is 1.67. The summed E-state index contributed by atoms with van der Waals surface area (Å²) in [6, 6.07) is 12.8. The second-order valence-electron chi connectivity index (χ2n) is 10.7. The summed E-state index contributed by atoms with van der Waals surface area (Å²) in [6.45, 7) is 13.2. The molecule has 174 valence electrons. The Kier molecular flexibility index (Phi) is 5.93. The molecule has 4 rings (SSSR count).